The van der Waals surface area contributed by atoms with E-state index in [1.54, 1.807) is 0 Å². The molecule has 4 rings (SSSR count). The van der Waals surface area contributed by atoms with Gasteiger partial charge in [-0.15, -0.1) is 11.8 Å². The predicted octanol–water partition coefficient (Wildman–Crippen LogP) is 2.11. The Hall–Kier alpha value is -0.880. The lowest BCUT2D eigenvalue weighted by atomic mass is 9.93. The molecule has 20 heavy (non-hydrogen) atoms. The van der Waals surface area contributed by atoms with E-state index in [2.05, 4.69) is 14.9 Å². The minimum absolute atomic E-state index is 0.311. The monoisotopic (exact) mass is 295 g/mol. The molecule has 0 N–H and O–H groups in total. The van der Waals surface area contributed by atoms with Crippen LogP contribution in [0.3, 0.4) is 0 Å². The van der Waals surface area contributed by atoms with E-state index in [4.69, 9.17) is 4.74 Å². The van der Waals surface area contributed by atoms with E-state index in [1.807, 2.05) is 11.8 Å². The zero-order valence-electron chi connectivity index (χ0n) is 11.3. The molecule has 1 atom stereocenters. The summed E-state index contributed by atoms with van der Waals surface area (Å²) in [4.78, 5) is 10.2. The van der Waals surface area contributed by atoms with Gasteiger partial charge in [-0.25, -0.2) is 14.4 Å². The zero-order valence-corrected chi connectivity index (χ0v) is 12.1. The molecule has 1 saturated carbocycles. The SMILES string of the molecule is Fc1cnc(N2CC3(CC(OCC4CC4)CS3)C2)nc1. The Kier molecular flexibility index (Phi) is 3.11. The van der Waals surface area contributed by atoms with Gasteiger partial charge < -0.3 is 9.64 Å². The van der Waals surface area contributed by atoms with Gasteiger partial charge in [0.2, 0.25) is 5.95 Å². The molecule has 0 radical (unpaired) electrons. The van der Waals surface area contributed by atoms with Crippen molar-refractivity contribution >= 4 is 17.7 Å². The third kappa shape index (κ3) is 2.51. The molecule has 1 aromatic rings. The predicted molar refractivity (Wildman–Crippen MR) is 76.5 cm³/mol. The molecule has 6 heteroatoms. The molecule has 2 aliphatic heterocycles. The molecule has 3 aliphatic rings. The lowest BCUT2D eigenvalue weighted by Gasteiger charge is -2.47. The van der Waals surface area contributed by atoms with Crippen molar-refractivity contribution in [3.8, 4) is 0 Å². The first-order chi connectivity index (χ1) is 9.72. The number of hydrogen-bond acceptors (Lipinski definition) is 5. The summed E-state index contributed by atoms with van der Waals surface area (Å²) in [6.07, 6.45) is 6.70. The summed E-state index contributed by atoms with van der Waals surface area (Å²) in [7, 11) is 0. The van der Waals surface area contributed by atoms with Gasteiger partial charge >= 0.3 is 0 Å². The molecule has 1 aliphatic carbocycles. The minimum Gasteiger partial charge on any atom is -0.377 e. The van der Waals surface area contributed by atoms with E-state index in [-0.39, 0.29) is 5.82 Å². The van der Waals surface area contributed by atoms with Crippen LogP contribution in [-0.2, 0) is 4.74 Å². The van der Waals surface area contributed by atoms with Gasteiger partial charge in [0.05, 0.1) is 23.2 Å². The van der Waals surface area contributed by atoms with E-state index in [9.17, 15) is 4.39 Å². The summed E-state index contributed by atoms with van der Waals surface area (Å²) in [5.74, 6) is 2.19. The van der Waals surface area contributed by atoms with Crippen LogP contribution in [0.4, 0.5) is 10.3 Å². The number of hydrogen-bond donors (Lipinski definition) is 0. The highest BCUT2D eigenvalue weighted by Crippen LogP contribution is 2.47. The highest BCUT2D eigenvalue weighted by molar-refractivity contribution is 8.01. The zero-order chi connectivity index (χ0) is 13.6. The van der Waals surface area contributed by atoms with Crippen LogP contribution in [-0.4, -0.2) is 46.3 Å². The summed E-state index contributed by atoms with van der Waals surface area (Å²) in [5, 5.41) is 0. The lowest BCUT2D eigenvalue weighted by molar-refractivity contribution is 0.0528. The van der Waals surface area contributed by atoms with E-state index in [0.29, 0.717) is 16.8 Å². The first-order valence-corrected chi connectivity index (χ1v) is 8.19. The van der Waals surface area contributed by atoms with Crippen LogP contribution in [0.15, 0.2) is 12.4 Å². The Bertz CT molecular complexity index is 488. The first-order valence-electron chi connectivity index (χ1n) is 7.21. The number of thioether (sulfide) groups is 1. The van der Waals surface area contributed by atoms with E-state index < -0.39 is 0 Å². The summed E-state index contributed by atoms with van der Waals surface area (Å²) in [6, 6.07) is 0. The second-order valence-corrected chi connectivity index (χ2v) is 7.64. The normalized spacial score (nSPS) is 27.9. The Labute approximate surface area is 122 Å². The van der Waals surface area contributed by atoms with Crippen molar-refractivity contribution in [2.45, 2.75) is 30.1 Å². The van der Waals surface area contributed by atoms with Crippen LogP contribution < -0.4 is 4.90 Å². The quantitative estimate of drug-likeness (QED) is 0.850. The van der Waals surface area contributed by atoms with Crippen molar-refractivity contribution in [3.05, 3.63) is 18.2 Å². The van der Waals surface area contributed by atoms with Crippen molar-refractivity contribution in [1.82, 2.24) is 9.97 Å². The van der Waals surface area contributed by atoms with Crippen molar-refractivity contribution in [3.63, 3.8) is 0 Å². The van der Waals surface area contributed by atoms with Gasteiger partial charge in [-0.1, -0.05) is 0 Å². The lowest BCUT2D eigenvalue weighted by Crippen LogP contribution is -2.59. The summed E-state index contributed by atoms with van der Waals surface area (Å²) in [5.41, 5.74) is 0. The van der Waals surface area contributed by atoms with Gasteiger partial charge in [-0.05, 0) is 25.2 Å². The van der Waals surface area contributed by atoms with Crippen LogP contribution >= 0.6 is 11.8 Å². The van der Waals surface area contributed by atoms with Crippen LogP contribution in [0.25, 0.3) is 0 Å². The highest BCUT2D eigenvalue weighted by atomic mass is 32.2. The number of halogens is 1. The van der Waals surface area contributed by atoms with Gasteiger partial charge in [0.1, 0.15) is 0 Å². The molecule has 2 saturated heterocycles. The summed E-state index contributed by atoms with van der Waals surface area (Å²) < 4.78 is 19.1. The maximum absolute atomic E-state index is 12.8. The molecular formula is C14H18FN3OS. The largest absolute Gasteiger partial charge is 0.377 e. The Morgan fingerprint density at radius 2 is 2.10 bits per heavy atom. The Morgan fingerprint density at radius 3 is 2.80 bits per heavy atom. The van der Waals surface area contributed by atoms with Crippen molar-refractivity contribution in [2.24, 2.45) is 5.92 Å². The molecular weight excluding hydrogens is 277 g/mol. The molecule has 4 nitrogen and oxygen atoms in total. The van der Waals surface area contributed by atoms with Gasteiger partial charge in [0.15, 0.2) is 5.82 Å². The number of nitrogens with zero attached hydrogens (tertiary/aromatic N) is 3. The second kappa shape index (κ2) is 4.84. The molecule has 0 bridgehead atoms. The molecule has 3 heterocycles. The van der Waals surface area contributed by atoms with Gasteiger partial charge in [-0.2, -0.15) is 0 Å². The molecule has 1 aromatic heterocycles. The molecule has 3 fully saturated rings. The molecule has 1 spiro atoms. The summed E-state index contributed by atoms with van der Waals surface area (Å²) >= 11 is 2.02. The van der Waals surface area contributed by atoms with Crippen molar-refractivity contribution in [2.75, 3.05) is 30.3 Å². The maximum Gasteiger partial charge on any atom is 0.225 e. The van der Waals surface area contributed by atoms with E-state index in [0.717, 1.165) is 37.8 Å². The second-order valence-electron chi connectivity index (χ2n) is 6.15. The average Bonchev–Trinajstić information content (AvgIpc) is 3.14. The van der Waals surface area contributed by atoms with Crippen molar-refractivity contribution in [1.29, 1.82) is 0 Å². The third-order valence-corrected chi connectivity index (χ3v) is 5.86. The fraction of sp³-hybridized carbons (Fsp3) is 0.714. The maximum atomic E-state index is 12.8. The molecule has 0 aromatic carbocycles. The first kappa shape index (κ1) is 12.8. The molecule has 0 amide bonds. The molecule has 1 unspecified atom stereocenters. The van der Waals surface area contributed by atoms with Crippen LogP contribution in [0, 0.1) is 11.7 Å². The topological polar surface area (TPSA) is 38.2 Å². The summed E-state index contributed by atoms with van der Waals surface area (Å²) in [6.45, 7) is 2.85. The van der Waals surface area contributed by atoms with E-state index >= 15 is 0 Å². The van der Waals surface area contributed by atoms with Crippen LogP contribution in [0.5, 0.6) is 0 Å². The third-order valence-electron chi connectivity index (χ3n) is 4.29. The number of rotatable bonds is 4. The number of anilines is 1. The highest BCUT2D eigenvalue weighted by Gasteiger charge is 2.50. The smallest absolute Gasteiger partial charge is 0.225 e. The fourth-order valence-corrected chi connectivity index (χ4v) is 4.50. The number of ether oxygens (including phenoxy) is 1. The van der Waals surface area contributed by atoms with E-state index in [1.165, 1.54) is 25.2 Å². The van der Waals surface area contributed by atoms with Crippen LogP contribution in [0.1, 0.15) is 19.3 Å². The number of aromatic nitrogens is 2. The molecule has 108 valence electrons. The van der Waals surface area contributed by atoms with Gasteiger partial charge in [0, 0.05) is 25.4 Å². The van der Waals surface area contributed by atoms with Crippen molar-refractivity contribution < 1.29 is 9.13 Å². The Balaban J connectivity index is 1.30. The fourth-order valence-electron chi connectivity index (χ4n) is 2.95. The Morgan fingerprint density at radius 1 is 1.35 bits per heavy atom. The van der Waals surface area contributed by atoms with Gasteiger partial charge in [-0.3, -0.25) is 0 Å². The van der Waals surface area contributed by atoms with Crippen LogP contribution in [0.2, 0.25) is 0 Å². The van der Waals surface area contributed by atoms with Gasteiger partial charge in [0.25, 0.3) is 0 Å². The minimum atomic E-state index is -0.382. The average molecular weight is 295 g/mol. The standard InChI is InChI=1S/C14H18FN3OS/c15-11-4-16-13(17-5-11)18-8-14(9-18)3-12(7-20-14)19-6-10-1-2-10/h4-5,10,12H,1-3,6-9H2.